The molecule has 1 heterocycles. The number of nitrogens with one attached hydrogen (secondary N) is 2. The molecule has 0 unspecified atom stereocenters. The van der Waals surface area contributed by atoms with Gasteiger partial charge in [0.2, 0.25) is 5.95 Å². The molecule has 1 aromatic carbocycles. The van der Waals surface area contributed by atoms with E-state index in [-0.39, 0.29) is 5.91 Å². The zero-order valence-corrected chi connectivity index (χ0v) is 18.5. The third-order valence-electron chi connectivity index (χ3n) is 5.21. The molecule has 6 nitrogen and oxygen atoms in total. The van der Waals surface area contributed by atoms with Gasteiger partial charge in [-0.1, -0.05) is 23.2 Å². The lowest BCUT2D eigenvalue weighted by Crippen LogP contribution is -2.34. The number of carbonyl (C=O) groups is 1. The number of aromatic nitrogens is 2. The monoisotopic (exact) mass is 435 g/mol. The number of halogens is 2. The van der Waals surface area contributed by atoms with E-state index < -0.39 is 0 Å². The lowest BCUT2D eigenvalue weighted by atomic mass is 9.86. The van der Waals surface area contributed by atoms with Gasteiger partial charge in [0.15, 0.2) is 0 Å². The molecule has 2 N–H and O–H groups in total. The van der Waals surface area contributed by atoms with Gasteiger partial charge in [0.05, 0.1) is 10.0 Å². The van der Waals surface area contributed by atoms with Crippen molar-refractivity contribution in [1.29, 1.82) is 0 Å². The molecule has 1 aromatic heterocycles. The number of benzene rings is 1. The van der Waals surface area contributed by atoms with Crippen LogP contribution in [0.1, 0.15) is 41.7 Å². The van der Waals surface area contributed by atoms with E-state index in [2.05, 4.69) is 20.6 Å². The molecule has 1 aliphatic carbocycles. The second-order valence-electron chi connectivity index (χ2n) is 7.79. The first-order valence-electron chi connectivity index (χ1n) is 9.84. The van der Waals surface area contributed by atoms with Gasteiger partial charge in [-0.25, -0.2) is 4.98 Å². The van der Waals surface area contributed by atoms with Gasteiger partial charge in [0, 0.05) is 44.0 Å². The van der Waals surface area contributed by atoms with Crippen LogP contribution in [-0.4, -0.2) is 42.6 Å². The fourth-order valence-corrected chi connectivity index (χ4v) is 3.81. The van der Waals surface area contributed by atoms with E-state index >= 15 is 0 Å². The second kappa shape index (κ2) is 9.63. The van der Waals surface area contributed by atoms with Crippen LogP contribution in [0.4, 0.5) is 11.8 Å². The van der Waals surface area contributed by atoms with E-state index in [1.165, 1.54) is 0 Å². The molecule has 1 amide bonds. The maximum absolute atomic E-state index is 12.3. The molecule has 3 rings (SSSR count). The Morgan fingerprint density at radius 3 is 2.48 bits per heavy atom. The van der Waals surface area contributed by atoms with Crippen molar-refractivity contribution in [2.45, 2.75) is 38.6 Å². The highest BCUT2D eigenvalue weighted by atomic mass is 35.5. The minimum atomic E-state index is -0.117. The van der Waals surface area contributed by atoms with Gasteiger partial charge < -0.3 is 15.5 Å². The van der Waals surface area contributed by atoms with Crippen LogP contribution in [0, 0.1) is 12.8 Å². The molecule has 1 saturated carbocycles. The lowest BCUT2D eigenvalue weighted by Gasteiger charge is -2.29. The molecule has 1 fully saturated rings. The summed E-state index contributed by atoms with van der Waals surface area (Å²) in [4.78, 5) is 23.4. The van der Waals surface area contributed by atoms with E-state index in [1.807, 2.05) is 32.0 Å². The summed E-state index contributed by atoms with van der Waals surface area (Å²) >= 11 is 11.9. The Kier molecular flexibility index (Phi) is 7.19. The number of nitrogens with zero attached hydrogens (tertiary/aromatic N) is 3. The van der Waals surface area contributed by atoms with Crippen molar-refractivity contribution in [1.82, 2.24) is 15.3 Å². The average Bonchev–Trinajstić information content (AvgIpc) is 2.69. The van der Waals surface area contributed by atoms with E-state index in [9.17, 15) is 4.79 Å². The number of hydrogen-bond acceptors (Lipinski definition) is 5. The molecule has 156 valence electrons. The summed E-state index contributed by atoms with van der Waals surface area (Å²) in [5.74, 6) is 1.94. The molecular weight excluding hydrogens is 409 g/mol. The van der Waals surface area contributed by atoms with Gasteiger partial charge in [0.1, 0.15) is 5.82 Å². The normalized spacial score (nSPS) is 18.9. The van der Waals surface area contributed by atoms with Gasteiger partial charge in [-0.3, -0.25) is 4.79 Å². The van der Waals surface area contributed by atoms with Crippen LogP contribution < -0.4 is 15.5 Å². The first-order valence-corrected chi connectivity index (χ1v) is 10.6. The average molecular weight is 436 g/mol. The summed E-state index contributed by atoms with van der Waals surface area (Å²) in [5, 5.41) is 7.33. The van der Waals surface area contributed by atoms with Gasteiger partial charge in [0.25, 0.3) is 5.91 Å². The Bertz CT molecular complexity index is 866. The fraction of sp³-hybridized carbons (Fsp3) is 0.476. The van der Waals surface area contributed by atoms with E-state index in [1.54, 1.807) is 18.2 Å². The Balaban J connectivity index is 1.47. The first kappa shape index (κ1) is 21.7. The molecule has 0 bridgehead atoms. The van der Waals surface area contributed by atoms with Crippen molar-refractivity contribution in [2.75, 3.05) is 30.9 Å². The number of amides is 1. The lowest BCUT2D eigenvalue weighted by molar-refractivity contribution is 0.0943. The first-order chi connectivity index (χ1) is 13.8. The SMILES string of the molecule is Cc1cc(N(C)C)nc(NC2CCC(CNC(=O)c3ccc(Cl)c(Cl)c3)CC2)n1. The van der Waals surface area contributed by atoms with Crippen molar-refractivity contribution >= 4 is 40.9 Å². The molecule has 0 atom stereocenters. The Labute approximate surface area is 182 Å². The minimum absolute atomic E-state index is 0.117. The van der Waals surface area contributed by atoms with Gasteiger partial charge in [-0.05, 0) is 56.7 Å². The minimum Gasteiger partial charge on any atom is -0.363 e. The molecule has 0 saturated heterocycles. The maximum Gasteiger partial charge on any atom is 0.251 e. The van der Waals surface area contributed by atoms with Crippen LogP contribution in [0.15, 0.2) is 24.3 Å². The summed E-state index contributed by atoms with van der Waals surface area (Å²) < 4.78 is 0. The predicted molar refractivity (Wildman–Crippen MR) is 119 cm³/mol. The van der Waals surface area contributed by atoms with Crippen LogP contribution >= 0.6 is 23.2 Å². The molecule has 29 heavy (non-hydrogen) atoms. The molecule has 1 aliphatic rings. The second-order valence-corrected chi connectivity index (χ2v) is 8.60. The van der Waals surface area contributed by atoms with Crippen molar-refractivity contribution in [2.24, 2.45) is 5.92 Å². The summed E-state index contributed by atoms with van der Waals surface area (Å²) in [7, 11) is 3.95. The molecule has 0 spiro atoms. The third-order valence-corrected chi connectivity index (χ3v) is 5.95. The van der Waals surface area contributed by atoms with Gasteiger partial charge in [-0.15, -0.1) is 0 Å². The number of hydrogen-bond donors (Lipinski definition) is 2. The highest BCUT2D eigenvalue weighted by Crippen LogP contribution is 2.26. The number of carbonyl (C=O) groups excluding carboxylic acids is 1. The molecule has 8 heteroatoms. The summed E-state index contributed by atoms with van der Waals surface area (Å²) in [6, 6.07) is 7.26. The standard InChI is InChI=1S/C21H27Cl2N5O/c1-13-10-19(28(2)3)27-21(25-13)26-16-7-4-14(5-8-16)12-24-20(29)15-6-9-17(22)18(23)11-15/h6,9-11,14,16H,4-5,7-8,12H2,1-3H3,(H,24,29)(H,25,26,27). The maximum atomic E-state index is 12.3. The van der Waals surface area contributed by atoms with E-state index in [4.69, 9.17) is 23.2 Å². The summed E-state index contributed by atoms with van der Waals surface area (Å²) in [6.07, 6.45) is 4.15. The Hall–Kier alpha value is -2.05. The van der Waals surface area contributed by atoms with Crippen molar-refractivity contribution in [3.8, 4) is 0 Å². The van der Waals surface area contributed by atoms with Crippen molar-refractivity contribution in [3.63, 3.8) is 0 Å². The van der Waals surface area contributed by atoms with Crippen LogP contribution in [0.2, 0.25) is 10.0 Å². The summed E-state index contributed by atoms with van der Waals surface area (Å²) in [5.41, 5.74) is 1.48. The zero-order valence-electron chi connectivity index (χ0n) is 17.0. The summed E-state index contributed by atoms with van der Waals surface area (Å²) in [6.45, 7) is 2.64. The molecule has 0 radical (unpaired) electrons. The van der Waals surface area contributed by atoms with Gasteiger partial charge >= 0.3 is 0 Å². The zero-order chi connectivity index (χ0) is 21.0. The van der Waals surface area contributed by atoms with E-state index in [0.29, 0.717) is 40.1 Å². The molecule has 2 aromatic rings. The molecule has 0 aliphatic heterocycles. The Morgan fingerprint density at radius 2 is 1.83 bits per heavy atom. The largest absolute Gasteiger partial charge is 0.363 e. The van der Waals surface area contributed by atoms with E-state index in [0.717, 1.165) is 37.2 Å². The predicted octanol–water partition coefficient (Wildman–Crippen LogP) is 4.56. The highest BCUT2D eigenvalue weighted by Gasteiger charge is 2.22. The van der Waals surface area contributed by atoms with Crippen LogP contribution in [0.3, 0.4) is 0 Å². The third kappa shape index (κ3) is 5.97. The van der Waals surface area contributed by atoms with Crippen LogP contribution in [0.5, 0.6) is 0 Å². The topological polar surface area (TPSA) is 70.2 Å². The quantitative estimate of drug-likeness (QED) is 0.695. The number of aryl methyl sites for hydroxylation is 1. The van der Waals surface area contributed by atoms with Crippen molar-refractivity contribution < 1.29 is 4.79 Å². The molecular formula is C21H27Cl2N5O. The van der Waals surface area contributed by atoms with Gasteiger partial charge in [-0.2, -0.15) is 4.98 Å². The highest BCUT2D eigenvalue weighted by molar-refractivity contribution is 6.42. The van der Waals surface area contributed by atoms with Crippen molar-refractivity contribution in [3.05, 3.63) is 45.6 Å². The fourth-order valence-electron chi connectivity index (χ4n) is 3.52. The van der Waals surface area contributed by atoms with Crippen LogP contribution in [-0.2, 0) is 0 Å². The Morgan fingerprint density at radius 1 is 1.10 bits per heavy atom. The number of rotatable bonds is 6. The number of anilines is 2. The van der Waals surface area contributed by atoms with Crippen LogP contribution in [0.25, 0.3) is 0 Å². The smallest absolute Gasteiger partial charge is 0.251 e.